The van der Waals surface area contributed by atoms with E-state index in [0.717, 1.165) is 33.8 Å². The van der Waals surface area contributed by atoms with Crippen LogP contribution in [0.25, 0.3) is 10.2 Å². The van der Waals surface area contributed by atoms with Crippen LogP contribution in [0, 0.1) is 0 Å². The van der Waals surface area contributed by atoms with E-state index in [1.165, 1.54) is 54.9 Å². The number of amides is 1. The fraction of sp³-hybridized carbons (Fsp3) is 0.350. The molecule has 0 aliphatic heterocycles. The summed E-state index contributed by atoms with van der Waals surface area (Å²) in [6, 6.07) is 6.06. The summed E-state index contributed by atoms with van der Waals surface area (Å²) in [6.45, 7) is 0. The van der Waals surface area contributed by atoms with Gasteiger partial charge < -0.3 is 11.1 Å². The molecule has 0 atom stereocenters. The van der Waals surface area contributed by atoms with E-state index in [-0.39, 0.29) is 16.6 Å². The Bertz CT molecular complexity index is 1240. The molecule has 1 aliphatic carbocycles. The number of thiophene rings is 1. The Balaban J connectivity index is 1.41. The van der Waals surface area contributed by atoms with E-state index in [1.807, 2.05) is 0 Å². The number of benzene rings is 1. The van der Waals surface area contributed by atoms with Crippen LogP contribution in [0.3, 0.4) is 0 Å². The van der Waals surface area contributed by atoms with Crippen LogP contribution in [0.4, 0.5) is 11.5 Å². The highest BCUT2D eigenvalue weighted by atomic mass is 32.2. The molecule has 1 aromatic carbocycles. The number of carbonyl (C=O) groups excluding carboxylic acids is 1. The molecule has 1 amide bonds. The molecule has 0 saturated carbocycles. The molecular formula is C20H23N5O3S3. The lowest BCUT2D eigenvalue weighted by molar-refractivity contribution is -0.113. The molecule has 31 heavy (non-hydrogen) atoms. The van der Waals surface area contributed by atoms with Crippen molar-refractivity contribution < 1.29 is 13.2 Å². The molecule has 3 N–H and O–H groups in total. The van der Waals surface area contributed by atoms with Crippen molar-refractivity contribution >= 4 is 60.8 Å². The normalized spacial score (nSPS) is 14.0. The molecular weight excluding hydrogens is 454 g/mol. The molecule has 0 saturated heterocycles. The van der Waals surface area contributed by atoms with Gasteiger partial charge in [-0.1, -0.05) is 11.8 Å². The van der Waals surface area contributed by atoms with Gasteiger partial charge in [0.25, 0.3) is 0 Å². The van der Waals surface area contributed by atoms with E-state index >= 15 is 0 Å². The monoisotopic (exact) mass is 477 g/mol. The second-order valence-electron chi connectivity index (χ2n) is 7.43. The fourth-order valence-electron chi connectivity index (χ4n) is 3.48. The molecule has 164 valence electrons. The predicted molar refractivity (Wildman–Crippen MR) is 125 cm³/mol. The third-order valence-electron chi connectivity index (χ3n) is 5.07. The number of aryl methyl sites for hydroxylation is 2. The first kappa shape index (κ1) is 22.0. The zero-order valence-corrected chi connectivity index (χ0v) is 19.7. The quantitative estimate of drug-likeness (QED) is 0.414. The first-order chi connectivity index (χ1) is 14.8. The van der Waals surface area contributed by atoms with E-state index in [4.69, 9.17) is 5.73 Å². The topological polar surface area (TPSA) is 118 Å². The lowest BCUT2D eigenvalue weighted by atomic mass is 9.97. The van der Waals surface area contributed by atoms with Gasteiger partial charge in [0.15, 0.2) is 5.16 Å². The minimum Gasteiger partial charge on any atom is -0.383 e. The molecule has 0 unspecified atom stereocenters. The molecule has 2 aromatic heterocycles. The number of sulfonamides is 1. The van der Waals surface area contributed by atoms with Crippen LogP contribution in [0.2, 0.25) is 0 Å². The van der Waals surface area contributed by atoms with Crippen molar-refractivity contribution in [3.05, 3.63) is 34.7 Å². The number of fused-ring (bicyclic) bond motifs is 3. The maximum atomic E-state index is 12.3. The Morgan fingerprint density at radius 1 is 1.19 bits per heavy atom. The SMILES string of the molecule is CN(C)S(=O)(=O)c1ccc(NC(=O)CSc2nc(N)c3c4c(sc3n2)CCCC4)cc1. The Morgan fingerprint density at radius 2 is 1.90 bits per heavy atom. The second-order valence-corrected chi connectivity index (χ2v) is 11.6. The van der Waals surface area contributed by atoms with Crippen LogP contribution in [-0.2, 0) is 27.7 Å². The van der Waals surface area contributed by atoms with Crippen LogP contribution in [-0.4, -0.2) is 48.4 Å². The van der Waals surface area contributed by atoms with Crippen molar-refractivity contribution in [3.63, 3.8) is 0 Å². The summed E-state index contributed by atoms with van der Waals surface area (Å²) in [5, 5.41) is 4.21. The predicted octanol–water partition coefficient (Wildman–Crippen LogP) is 3.13. The molecule has 2 heterocycles. The highest BCUT2D eigenvalue weighted by Crippen LogP contribution is 2.38. The van der Waals surface area contributed by atoms with Crippen LogP contribution < -0.4 is 11.1 Å². The van der Waals surface area contributed by atoms with Gasteiger partial charge in [-0.05, 0) is 55.5 Å². The average Bonchev–Trinajstić information content (AvgIpc) is 3.11. The van der Waals surface area contributed by atoms with Gasteiger partial charge >= 0.3 is 0 Å². The molecule has 0 radical (unpaired) electrons. The Hall–Kier alpha value is -2.21. The van der Waals surface area contributed by atoms with E-state index in [0.29, 0.717) is 16.7 Å². The summed E-state index contributed by atoms with van der Waals surface area (Å²) < 4.78 is 25.4. The van der Waals surface area contributed by atoms with Crippen molar-refractivity contribution in [2.24, 2.45) is 0 Å². The number of rotatable bonds is 6. The molecule has 3 aromatic rings. The second kappa shape index (κ2) is 8.73. The van der Waals surface area contributed by atoms with E-state index in [9.17, 15) is 13.2 Å². The van der Waals surface area contributed by atoms with Gasteiger partial charge in [-0.25, -0.2) is 22.7 Å². The first-order valence-corrected chi connectivity index (χ1v) is 13.0. The molecule has 0 bridgehead atoms. The standard InChI is InChI=1S/C20H23N5O3S3/c1-25(2)31(27,28)13-9-7-12(8-10-13)22-16(26)11-29-20-23-18(21)17-14-5-3-4-6-15(14)30-19(17)24-20/h7-10H,3-6,11H2,1-2H3,(H,22,26)(H2,21,23,24). The van der Waals surface area contributed by atoms with Gasteiger partial charge in [0.2, 0.25) is 15.9 Å². The fourth-order valence-corrected chi connectivity index (χ4v) is 6.36. The highest BCUT2D eigenvalue weighted by Gasteiger charge is 2.21. The third-order valence-corrected chi connectivity index (χ3v) is 8.93. The number of nitrogens with zero attached hydrogens (tertiary/aromatic N) is 3. The van der Waals surface area contributed by atoms with Gasteiger partial charge in [0.1, 0.15) is 10.6 Å². The zero-order valence-electron chi connectivity index (χ0n) is 17.2. The smallest absolute Gasteiger partial charge is 0.242 e. The van der Waals surface area contributed by atoms with Crippen molar-refractivity contribution in [3.8, 4) is 0 Å². The Labute approximate surface area is 189 Å². The number of nitrogens with two attached hydrogens (primary N) is 1. The minimum atomic E-state index is -3.50. The van der Waals surface area contributed by atoms with Gasteiger partial charge in [0, 0.05) is 24.7 Å². The van der Waals surface area contributed by atoms with Crippen molar-refractivity contribution in [2.45, 2.75) is 35.7 Å². The molecule has 11 heteroatoms. The number of anilines is 2. The van der Waals surface area contributed by atoms with Gasteiger partial charge in [-0.3, -0.25) is 4.79 Å². The minimum absolute atomic E-state index is 0.119. The third kappa shape index (κ3) is 4.54. The highest BCUT2D eigenvalue weighted by molar-refractivity contribution is 7.99. The molecule has 0 spiro atoms. The molecule has 0 fully saturated rings. The number of hydrogen-bond donors (Lipinski definition) is 2. The number of thioether (sulfide) groups is 1. The number of nitrogens with one attached hydrogen (secondary N) is 1. The number of nitrogen functional groups attached to an aromatic ring is 1. The summed E-state index contributed by atoms with van der Waals surface area (Å²) in [4.78, 5) is 23.8. The largest absolute Gasteiger partial charge is 0.383 e. The number of carbonyl (C=O) groups is 1. The molecule has 1 aliphatic rings. The summed E-state index contributed by atoms with van der Waals surface area (Å²) >= 11 is 2.90. The van der Waals surface area contributed by atoms with Gasteiger partial charge in [0.05, 0.1) is 16.0 Å². The molecule has 4 rings (SSSR count). The summed E-state index contributed by atoms with van der Waals surface area (Å²) in [5.74, 6) is 0.360. The Kier molecular flexibility index (Phi) is 6.20. The van der Waals surface area contributed by atoms with Crippen LogP contribution in [0.15, 0.2) is 34.3 Å². The summed E-state index contributed by atoms with van der Waals surface area (Å²) in [5.41, 5.74) is 8.02. The number of hydrogen-bond acceptors (Lipinski definition) is 8. The Morgan fingerprint density at radius 3 is 2.61 bits per heavy atom. The van der Waals surface area contributed by atoms with Crippen molar-refractivity contribution in [2.75, 3.05) is 30.9 Å². The van der Waals surface area contributed by atoms with E-state index < -0.39 is 10.0 Å². The van der Waals surface area contributed by atoms with E-state index in [2.05, 4.69) is 15.3 Å². The van der Waals surface area contributed by atoms with Crippen molar-refractivity contribution in [1.29, 1.82) is 0 Å². The summed E-state index contributed by atoms with van der Waals surface area (Å²) in [6.07, 6.45) is 4.44. The van der Waals surface area contributed by atoms with Gasteiger partial charge in [-0.15, -0.1) is 11.3 Å². The van der Waals surface area contributed by atoms with Crippen LogP contribution in [0.5, 0.6) is 0 Å². The lowest BCUT2D eigenvalue weighted by Crippen LogP contribution is -2.22. The maximum absolute atomic E-state index is 12.3. The maximum Gasteiger partial charge on any atom is 0.242 e. The van der Waals surface area contributed by atoms with Crippen LogP contribution in [0.1, 0.15) is 23.3 Å². The zero-order chi connectivity index (χ0) is 22.2. The average molecular weight is 478 g/mol. The van der Waals surface area contributed by atoms with E-state index in [1.54, 1.807) is 23.5 Å². The van der Waals surface area contributed by atoms with Gasteiger partial charge in [-0.2, -0.15) is 0 Å². The van der Waals surface area contributed by atoms with Crippen molar-refractivity contribution in [1.82, 2.24) is 14.3 Å². The first-order valence-electron chi connectivity index (χ1n) is 9.78. The summed E-state index contributed by atoms with van der Waals surface area (Å²) in [7, 11) is -0.559. The van der Waals surface area contributed by atoms with Crippen LogP contribution >= 0.6 is 23.1 Å². The molecule has 8 nitrogen and oxygen atoms in total. The lowest BCUT2D eigenvalue weighted by Gasteiger charge is -2.12. The number of aromatic nitrogens is 2.